The van der Waals surface area contributed by atoms with Gasteiger partial charge >= 0.3 is 0 Å². The molecule has 1 amide bonds. The van der Waals surface area contributed by atoms with E-state index >= 15 is 0 Å². The molecule has 9 heteroatoms. The number of nitrogens with zero attached hydrogens (tertiary/aromatic N) is 1. The van der Waals surface area contributed by atoms with Gasteiger partial charge in [0.1, 0.15) is 11.6 Å². The molecule has 0 radical (unpaired) electrons. The van der Waals surface area contributed by atoms with E-state index in [9.17, 15) is 22.0 Å². The summed E-state index contributed by atoms with van der Waals surface area (Å²) in [6.45, 7) is 0.523. The van der Waals surface area contributed by atoms with Crippen molar-refractivity contribution in [3.63, 3.8) is 0 Å². The molecule has 0 bridgehead atoms. The Hall–Kier alpha value is -1.84. The van der Waals surface area contributed by atoms with E-state index in [-0.39, 0.29) is 17.0 Å². The van der Waals surface area contributed by atoms with Crippen LogP contribution in [0.15, 0.2) is 51.8 Å². The lowest BCUT2D eigenvalue weighted by Gasteiger charge is -2.33. The minimum Gasteiger partial charge on any atom is -0.337 e. The fourth-order valence-corrected chi connectivity index (χ4v) is 4.64. The van der Waals surface area contributed by atoms with Gasteiger partial charge in [-0.2, -0.15) is 0 Å². The molecule has 0 aliphatic carbocycles. The van der Waals surface area contributed by atoms with E-state index in [4.69, 9.17) is 0 Å². The second kappa shape index (κ2) is 8.04. The third-order valence-electron chi connectivity index (χ3n) is 4.30. The van der Waals surface area contributed by atoms with Gasteiger partial charge in [0.2, 0.25) is 10.0 Å². The molecule has 1 fully saturated rings. The van der Waals surface area contributed by atoms with Crippen LogP contribution in [0, 0.1) is 11.6 Å². The summed E-state index contributed by atoms with van der Waals surface area (Å²) >= 11 is 3.14. The summed E-state index contributed by atoms with van der Waals surface area (Å²) in [4.78, 5) is 13.9. The molecule has 3 rings (SSSR count). The molecule has 0 saturated carbocycles. The number of halogens is 3. The Kier molecular flexibility index (Phi) is 5.92. The molecule has 5 nitrogen and oxygen atoms in total. The van der Waals surface area contributed by atoms with Gasteiger partial charge in [0.15, 0.2) is 0 Å². The molecule has 1 N–H and O–H groups in total. The molecule has 144 valence electrons. The van der Waals surface area contributed by atoms with Crippen molar-refractivity contribution in [3.8, 4) is 0 Å². The largest absolute Gasteiger partial charge is 0.337 e. The first-order valence-electron chi connectivity index (χ1n) is 8.28. The van der Waals surface area contributed by atoms with Gasteiger partial charge in [-0.25, -0.2) is 21.9 Å². The van der Waals surface area contributed by atoms with Crippen molar-refractivity contribution in [1.82, 2.24) is 9.62 Å². The van der Waals surface area contributed by atoms with Gasteiger partial charge < -0.3 is 4.90 Å². The van der Waals surface area contributed by atoms with Crippen molar-refractivity contribution in [2.75, 3.05) is 13.1 Å². The number of carbonyl (C=O) groups excluding carboxylic acids is 1. The van der Waals surface area contributed by atoms with Crippen LogP contribution in [-0.4, -0.2) is 38.4 Å². The summed E-state index contributed by atoms with van der Waals surface area (Å²) in [6.07, 6.45) is 1.10. The number of hydrogen-bond donors (Lipinski definition) is 1. The van der Waals surface area contributed by atoms with Gasteiger partial charge in [-0.15, -0.1) is 0 Å². The van der Waals surface area contributed by atoms with Crippen molar-refractivity contribution in [2.24, 2.45) is 0 Å². The van der Waals surface area contributed by atoms with Gasteiger partial charge in [-0.1, -0.05) is 22.0 Å². The first kappa shape index (κ1) is 19.9. The fourth-order valence-electron chi connectivity index (χ4n) is 3.01. The Morgan fingerprint density at radius 1 is 1.19 bits per heavy atom. The Balaban J connectivity index is 1.73. The van der Waals surface area contributed by atoms with E-state index in [2.05, 4.69) is 20.7 Å². The van der Waals surface area contributed by atoms with E-state index in [0.717, 1.165) is 12.1 Å². The van der Waals surface area contributed by atoms with Crippen molar-refractivity contribution in [2.45, 2.75) is 23.8 Å². The molecular formula is C18H17BrF2N2O3S. The van der Waals surface area contributed by atoms with Crippen LogP contribution in [0.25, 0.3) is 0 Å². The van der Waals surface area contributed by atoms with Gasteiger partial charge in [-0.05, 0) is 49.2 Å². The summed E-state index contributed by atoms with van der Waals surface area (Å²) in [7, 11) is -3.92. The maximum absolute atomic E-state index is 14.1. The molecule has 2 aromatic rings. The molecule has 0 aromatic heterocycles. The second-order valence-corrected chi connectivity index (χ2v) is 8.92. The maximum atomic E-state index is 14.1. The number of rotatable bonds is 4. The number of sulfonamides is 1. The Morgan fingerprint density at radius 2 is 1.96 bits per heavy atom. The molecule has 1 aliphatic rings. The van der Waals surface area contributed by atoms with Crippen LogP contribution in [0.2, 0.25) is 0 Å². The minimum atomic E-state index is -3.92. The van der Waals surface area contributed by atoms with Crippen molar-refractivity contribution >= 4 is 31.9 Å². The average molecular weight is 459 g/mol. The van der Waals surface area contributed by atoms with Crippen LogP contribution in [0.1, 0.15) is 23.2 Å². The van der Waals surface area contributed by atoms with Crippen LogP contribution < -0.4 is 4.72 Å². The van der Waals surface area contributed by atoms with Crippen molar-refractivity contribution in [1.29, 1.82) is 0 Å². The average Bonchev–Trinajstić information content (AvgIpc) is 2.61. The predicted molar refractivity (Wildman–Crippen MR) is 99.7 cm³/mol. The van der Waals surface area contributed by atoms with Crippen molar-refractivity contribution in [3.05, 3.63) is 64.1 Å². The fraction of sp³-hybridized carbons (Fsp3) is 0.278. The van der Waals surface area contributed by atoms with Crippen LogP contribution in [0.5, 0.6) is 0 Å². The normalized spacial score (nSPS) is 17.7. The Bertz CT molecular complexity index is 969. The lowest BCUT2D eigenvalue weighted by Crippen LogP contribution is -2.49. The van der Waals surface area contributed by atoms with Gasteiger partial charge in [0.25, 0.3) is 5.91 Å². The summed E-state index contributed by atoms with van der Waals surface area (Å²) < 4.78 is 55.3. The maximum Gasteiger partial charge on any atom is 0.256 e. The second-order valence-electron chi connectivity index (χ2n) is 6.29. The molecule has 1 unspecified atom stereocenters. The molecule has 0 spiro atoms. The Labute approximate surface area is 164 Å². The summed E-state index contributed by atoms with van der Waals surface area (Å²) in [5.41, 5.74) is -0.0631. The number of piperidine rings is 1. The van der Waals surface area contributed by atoms with Crippen LogP contribution in [0.4, 0.5) is 8.78 Å². The van der Waals surface area contributed by atoms with E-state index in [1.165, 1.54) is 29.2 Å². The number of carbonyl (C=O) groups is 1. The number of nitrogens with one attached hydrogen (secondary N) is 1. The number of amides is 1. The molecule has 2 aromatic carbocycles. The first-order valence-corrected chi connectivity index (χ1v) is 10.6. The molecule has 1 heterocycles. The van der Waals surface area contributed by atoms with Gasteiger partial charge in [0.05, 0.1) is 10.5 Å². The topological polar surface area (TPSA) is 66.5 Å². The third kappa shape index (κ3) is 4.72. The van der Waals surface area contributed by atoms with Crippen LogP contribution in [0.3, 0.4) is 0 Å². The van der Waals surface area contributed by atoms with E-state index in [1.54, 1.807) is 6.07 Å². The Morgan fingerprint density at radius 3 is 2.67 bits per heavy atom. The van der Waals surface area contributed by atoms with Gasteiger partial charge in [0, 0.05) is 23.6 Å². The molecule has 1 atom stereocenters. The zero-order valence-corrected chi connectivity index (χ0v) is 16.6. The van der Waals surface area contributed by atoms with E-state index in [0.29, 0.717) is 23.9 Å². The monoisotopic (exact) mass is 458 g/mol. The van der Waals surface area contributed by atoms with Crippen LogP contribution in [-0.2, 0) is 10.0 Å². The van der Waals surface area contributed by atoms with Gasteiger partial charge in [-0.3, -0.25) is 4.79 Å². The zero-order chi connectivity index (χ0) is 19.6. The van der Waals surface area contributed by atoms with Crippen molar-refractivity contribution < 1.29 is 22.0 Å². The standard InChI is InChI=1S/C18H17BrF2N2O3S/c19-12-6-7-16(17(21)9-12)18(24)23-8-2-4-14(11-23)22-27(25,26)15-5-1-3-13(20)10-15/h1,3,5-7,9-10,14,22H,2,4,8,11H2. The molecule has 1 saturated heterocycles. The SMILES string of the molecule is O=C(c1ccc(Br)cc1F)N1CCCC(NS(=O)(=O)c2cccc(F)c2)C1. The summed E-state index contributed by atoms with van der Waals surface area (Å²) in [5, 5.41) is 0. The van der Waals surface area contributed by atoms with E-state index in [1.807, 2.05) is 0 Å². The predicted octanol–water partition coefficient (Wildman–Crippen LogP) is 3.31. The minimum absolute atomic E-state index is 0.0631. The molecule has 27 heavy (non-hydrogen) atoms. The highest BCUT2D eigenvalue weighted by atomic mass is 79.9. The number of hydrogen-bond acceptors (Lipinski definition) is 3. The summed E-state index contributed by atoms with van der Waals surface area (Å²) in [5.74, 6) is -1.78. The number of likely N-dealkylation sites (tertiary alicyclic amines) is 1. The first-order chi connectivity index (χ1) is 12.8. The number of benzene rings is 2. The highest BCUT2D eigenvalue weighted by Crippen LogP contribution is 2.20. The molecule has 1 aliphatic heterocycles. The highest BCUT2D eigenvalue weighted by Gasteiger charge is 2.29. The van der Waals surface area contributed by atoms with E-state index < -0.39 is 33.6 Å². The molecular weight excluding hydrogens is 442 g/mol. The summed E-state index contributed by atoms with van der Waals surface area (Å²) in [6, 6.07) is 8.35. The zero-order valence-electron chi connectivity index (χ0n) is 14.2. The smallest absolute Gasteiger partial charge is 0.256 e. The highest BCUT2D eigenvalue weighted by molar-refractivity contribution is 9.10. The quantitative estimate of drug-likeness (QED) is 0.763. The van der Waals surface area contributed by atoms with Crippen LogP contribution >= 0.6 is 15.9 Å². The lowest BCUT2D eigenvalue weighted by atomic mass is 10.1. The lowest BCUT2D eigenvalue weighted by molar-refractivity contribution is 0.0698. The third-order valence-corrected chi connectivity index (χ3v) is 6.31.